The number of nitrogens with zero attached hydrogens (tertiary/aromatic N) is 7. The van der Waals surface area contributed by atoms with Crippen LogP contribution in [0.4, 0.5) is 5.69 Å². The predicted molar refractivity (Wildman–Crippen MR) is 101 cm³/mol. The van der Waals surface area contributed by atoms with E-state index in [1.165, 1.54) is 0 Å². The standard InChI is InChI=1S/C18H18N8/c1-24-11-13(9-21-24)16-10-20-18-17(19-5-6-26(16)18)23-14-3-4-15-12(7-14)8-22-25(15)2/h3-9,11,16H,10H2,1-2H3,(H,19,23). The van der Waals surface area contributed by atoms with E-state index in [0.717, 1.165) is 33.8 Å². The molecule has 26 heavy (non-hydrogen) atoms. The summed E-state index contributed by atoms with van der Waals surface area (Å²) in [7, 11) is 3.87. The van der Waals surface area contributed by atoms with Crippen molar-refractivity contribution in [3.63, 3.8) is 0 Å². The number of rotatable bonds is 2. The number of amidine groups is 2. The third kappa shape index (κ3) is 2.30. The predicted octanol–water partition coefficient (Wildman–Crippen LogP) is 2.06. The topological polar surface area (TPSA) is 75.6 Å². The maximum Gasteiger partial charge on any atom is 0.173 e. The molecule has 0 radical (unpaired) electrons. The first-order valence-corrected chi connectivity index (χ1v) is 8.44. The van der Waals surface area contributed by atoms with Crippen molar-refractivity contribution in [3.8, 4) is 0 Å². The van der Waals surface area contributed by atoms with Crippen LogP contribution in [0.2, 0.25) is 0 Å². The van der Waals surface area contributed by atoms with Crippen molar-refractivity contribution < 1.29 is 0 Å². The van der Waals surface area contributed by atoms with Crippen LogP contribution in [0.15, 0.2) is 59.2 Å². The molecule has 5 rings (SSSR count). The lowest BCUT2D eigenvalue weighted by Crippen LogP contribution is -2.37. The summed E-state index contributed by atoms with van der Waals surface area (Å²) in [4.78, 5) is 11.4. The summed E-state index contributed by atoms with van der Waals surface area (Å²) in [6.07, 6.45) is 9.57. The van der Waals surface area contributed by atoms with E-state index in [0.29, 0.717) is 6.54 Å². The number of hydrogen-bond donors (Lipinski definition) is 1. The third-order valence-corrected chi connectivity index (χ3v) is 4.76. The molecule has 8 nitrogen and oxygen atoms in total. The Kier molecular flexibility index (Phi) is 3.18. The van der Waals surface area contributed by atoms with Crippen molar-refractivity contribution in [1.29, 1.82) is 0 Å². The molecule has 0 amide bonds. The van der Waals surface area contributed by atoms with Crippen LogP contribution in [0.1, 0.15) is 11.6 Å². The summed E-state index contributed by atoms with van der Waals surface area (Å²) in [6, 6.07) is 6.31. The Bertz CT molecular complexity index is 1080. The number of benzene rings is 1. The summed E-state index contributed by atoms with van der Waals surface area (Å²) in [5.74, 6) is 1.61. The van der Waals surface area contributed by atoms with Crippen LogP contribution >= 0.6 is 0 Å². The van der Waals surface area contributed by atoms with Crippen LogP contribution in [0.25, 0.3) is 10.9 Å². The maximum absolute atomic E-state index is 4.71. The van der Waals surface area contributed by atoms with Crippen molar-refractivity contribution in [2.45, 2.75) is 6.04 Å². The SMILES string of the molecule is Cn1cc(C2CN=C3C(Nc4ccc5c(cnn5C)c4)=NC=CN32)cn1. The van der Waals surface area contributed by atoms with Crippen LogP contribution in [0.3, 0.4) is 0 Å². The third-order valence-electron chi connectivity index (χ3n) is 4.76. The molecule has 3 aromatic rings. The number of aryl methyl sites for hydroxylation is 2. The molecule has 0 saturated carbocycles. The summed E-state index contributed by atoms with van der Waals surface area (Å²) < 4.78 is 3.68. The fourth-order valence-electron chi connectivity index (χ4n) is 3.44. The van der Waals surface area contributed by atoms with Crippen molar-refractivity contribution in [2.24, 2.45) is 24.1 Å². The highest BCUT2D eigenvalue weighted by Crippen LogP contribution is 2.29. The zero-order valence-electron chi connectivity index (χ0n) is 14.5. The molecule has 0 aliphatic carbocycles. The van der Waals surface area contributed by atoms with Crippen molar-refractivity contribution >= 4 is 28.3 Å². The minimum Gasteiger partial charge on any atom is -0.337 e. The fourth-order valence-corrected chi connectivity index (χ4v) is 3.44. The highest BCUT2D eigenvalue weighted by molar-refractivity contribution is 6.45. The van der Waals surface area contributed by atoms with E-state index in [2.05, 4.69) is 37.5 Å². The van der Waals surface area contributed by atoms with Gasteiger partial charge >= 0.3 is 0 Å². The Balaban J connectivity index is 1.41. The van der Waals surface area contributed by atoms with Gasteiger partial charge in [0.05, 0.1) is 30.5 Å². The van der Waals surface area contributed by atoms with E-state index in [4.69, 9.17) is 4.99 Å². The number of aromatic nitrogens is 4. The smallest absolute Gasteiger partial charge is 0.173 e. The van der Waals surface area contributed by atoms with E-state index in [-0.39, 0.29) is 6.04 Å². The highest BCUT2D eigenvalue weighted by Gasteiger charge is 2.32. The van der Waals surface area contributed by atoms with Gasteiger partial charge in [-0.05, 0) is 18.2 Å². The number of fused-ring (bicyclic) bond motifs is 2. The lowest BCUT2D eigenvalue weighted by Gasteiger charge is -2.26. The molecule has 1 atom stereocenters. The van der Waals surface area contributed by atoms with E-state index >= 15 is 0 Å². The average Bonchev–Trinajstić information content (AvgIpc) is 3.34. The average molecular weight is 346 g/mol. The largest absolute Gasteiger partial charge is 0.337 e. The van der Waals surface area contributed by atoms with Gasteiger partial charge in [0.25, 0.3) is 0 Å². The normalized spacial score (nSPS) is 18.8. The van der Waals surface area contributed by atoms with Gasteiger partial charge in [0.1, 0.15) is 0 Å². The van der Waals surface area contributed by atoms with Gasteiger partial charge in [-0.2, -0.15) is 10.2 Å². The Morgan fingerprint density at radius 2 is 2.08 bits per heavy atom. The Labute approximate surface area is 150 Å². The second kappa shape index (κ2) is 5.55. The minimum absolute atomic E-state index is 0.156. The van der Waals surface area contributed by atoms with E-state index in [1.807, 2.05) is 54.3 Å². The van der Waals surface area contributed by atoms with Crippen molar-refractivity contribution in [1.82, 2.24) is 24.5 Å². The van der Waals surface area contributed by atoms with E-state index in [9.17, 15) is 0 Å². The van der Waals surface area contributed by atoms with Gasteiger partial charge in [-0.15, -0.1) is 0 Å². The van der Waals surface area contributed by atoms with Gasteiger partial charge in [0.2, 0.25) is 0 Å². The van der Waals surface area contributed by atoms with Gasteiger partial charge in [-0.3, -0.25) is 14.4 Å². The number of hydrogen-bond acceptors (Lipinski definition) is 6. The molecule has 0 fully saturated rings. The first-order valence-electron chi connectivity index (χ1n) is 8.44. The van der Waals surface area contributed by atoms with Gasteiger partial charge in [0, 0.05) is 49.3 Å². The lowest BCUT2D eigenvalue weighted by molar-refractivity contribution is 0.458. The molecule has 130 valence electrons. The summed E-state index contributed by atoms with van der Waals surface area (Å²) in [5, 5.41) is 13.1. The second-order valence-corrected chi connectivity index (χ2v) is 6.48. The lowest BCUT2D eigenvalue weighted by atomic mass is 10.1. The molecule has 2 aromatic heterocycles. The molecule has 1 N–H and O–H groups in total. The van der Waals surface area contributed by atoms with Crippen LogP contribution in [-0.4, -0.2) is 42.7 Å². The molecule has 0 bridgehead atoms. The number of aliphatic imine (C=N–C) groups is 2. The summed E-state index contributed by atoms with van der Waals surface area (Å²) >= 11 is 0. The zero-order valence-corrected chi connectivity index (χ0v) is 14.5. The summed E-state index contributed by atoms with van der Waals surface area (Å²) in [5.41, 5.74) is 3.21. The highest BCUT2D eigenvalue weighted by atomic mass is 15.3. The van der Waals surface area contributed by atoms with E-state index < -0.39 is 0 Å². The van der Waals surface area contributed by atoms with Gasteiger partial charge < -0.3 is 10.2 Å². The van der Waals surface area contributed by atoms with Crippen LogP contribution in [-0.2, 0) is 14.1 Å². The monoisotopic (exact) mass is 346 g/mol. The molecule has 2 aliphatic heterocycles. The first-order chi connectivity index (χ1) is 12.7. The van der Waals surface area contributed by atoms with Crippen molar-refractivity contribution in [3.05, 3.63) is 54.8 Å². The van der Waals surface area contributed by atoms with Gasteiger partial charge in [-0.1, -0.05) is 0 Å². The fraction of sp³-hybridized carbons (Fsp3) is 0.222. The molecule has 4 heterocycles. The van der Waals surface area contributed by atoms with E-state index in [1.54, 1.807) is 6.20 Å². The molecular formula is C18H18N8. The van der Waals surface area contributed by atoms with Crippen LogP contribution in [0, 0.1) is 0 Å². The van der Waals surface area contributed by atoms with Gasteiger partial charge in [-0.25, -0.2) is 4.99 Å². The molecule has 0 saturated heterocycles. The summed E-state index contributed by atoms with van der Waals surface area (Å²) in [6.45, 7) is 0.688. The maximum atomic E-state index is 4.71. The Hall–Kier alpha value is -3.42. The number of nitrogens with one attached hydrogen (secondary N) is 1. The molecular weight excluding hydrogens is 328 g/mol. The molecule has 0 spiro atoms. The van der Waals surface area contributed by atoms with Crippen LogP contribution < -0.4 is 5.32 Å². The quantitative estimate of drug-likeness (QED) is 0.771. The number of anilines is 1. The first kappa shape index (κ1) is 14.9. The zero-order chi connectivity index (χ0) is 17.7. The molecule has 1 aromatic carbocycles. The Morgan fingerprint density at radius 3 is 2.92 bits per heavy atom. The second-order valence-electron chi connectivity index (χ2n) is 6.48. The van der Waals surface area contributed by atoms with Crippen molar-refractivity contribution in [2.75, 3.05) is 11.9 Å². The molecule has 8 heteroatoms. The molecule has 2 aliphatic rings. The Morgan fingerprint density at radius 1 is 1.15 bits per heavy atom. The van der Waals surface area contributed by atoms with Crippen LogP contribution in [0.5, 0.6) is 0 Å². The molecule has 1 unspecified atom stereocenters. The van der Waals surface area contributed by atoms with Gasteiger partial charge in [0.15, 0.2) is 11.7 Å². The minimum atomic E-state index is 0.156.